The van der Waals surface area contributed by atoms with Gasteiger partial charge in [0.2, 0.25) is 0 Å². The minimum Gasteiger partial charge on any atom is -0.491 e. The highest BCUT2D eigenvalue weighted by Gasteiger charge is 2.34. The summed E-state index contributed by atoms with van der Waals surface area (Å²) in [6.45, 7) is -0.516. The molecule has 0 aliphatic carbocycles. The molecule has 0 amide bonds. The molecule has 0 fully saturated rings. The van der Waals surface area contributed by atoms with E-state index in [1.807, 2.05) is 0 Å². The van der Waals surface area contributed by atoms with Crippen LogP contribution in [0.4, 0.5) is 17.6 Å². The Labute approximate surface area is 99.0 Å². The SMILES string of the molecule is NC(COc1ccc(F)c(C(F)(F)F)c1)C(=O)O. The first-order valence-electron chi connectivity index (χ1n) is 4.69. The van der Waals surface area contributed by atoms with Crippen molar-refractivity contribution in [3.05, 3.63) is 29.6 Å². The molecule has 0 aromatic heterocycles. The van der Waals surface area contributed by atoms with Crippen molar-refractivity contribution < 1.29 is 32.2 Å². The maximum Gasteiger partial charge on any atom is 0.419 e. The van der Waals surface area contributed by atoms with E-state index in [9.17, 15) is 22.4 Å². The highest BCUT2D eigenvalue weighted by Crippen LogP contribution is 2.33. The minimum absolute atomic E-state index is 0.305. The van der Waals surface area contributed by atoms with Crippen LogP contribution in [-0.4, -0.2) is 23.7 Å². The van der Waals surface area contributed by atoms with Crippen molar-refractivity contribution in [3.8, 4) is 5.75 Å². The number of carboxylic acids is 1. The summed E-state index contributed by atoms with van der Waals surface area (Å²) in [5, 5.41) is 8.44. The third-order valence-electron chi connectivity index (χ3n) is 1.99. The molecule has 3 N–H and O–H groups in total. The van der Waals surface area contributed by atoms with Crippen molar-refractivity contribution >= 4 is 5.97 Å². The van der Waals surface area contributed by atoms with Crippen LogP contribution in [0.1, 0.15) is 5.56 Å². The maximum atomic E-state index is 12.9. The molecule has 0 radical (unpaired) electrons. The first-order chi connectivity index (χ1) is 8.21. The smallest absolute Gasteiger partial charge is 0.419 e. The zero-order valence-corrected chi connectivity index (χ0v) is 8.87. The lowest BCUT2D eigenvalue weighted by molar-refractivity contribution is -0.141. The van der Waals surface area contributed by atoms with E-state index in [2.05, 4.69) is 0 Å². The van der Waals surface area contributed by atoms with Crippen LogP contribution in [0.2, 0.25) is 0 Å². The second kappa shape index (κ2) is 5.21. The van der Waals surface area contributed by atoms with Crippen LogP contribution < -0.4 is 10.5 Å². The second-order valence-electron chi connectivity index (χ2n) is 3.40. The number of hydrogen-bond donors (Lipinski definition) is 2. The van der Waals surface area contributed by atoms with Crippen LogP contribution in [0.25, 0.3) is 0 Å². The Bertz CT molecular complexity index is 447. The molecule has 0 saturated heterocycles. The second-order valence-corrected chi connectivity index (χ2v) is 3.40. The summed E-state index contributed by atoms with van der Waals surface area (Å²) in [5.41, 5.74) is 3.61. The monoisotopic (exact) mass is 267 g/mol. The summed E-state index contributed by atoms with van der Waals surface area (Å²) in [4.78, 5) is 10.4. The molecule has 8 heteroatoms. The number of benzene rings is 1. The van der Waals surface area contributed by atoms with Crippen LogP contribution in [0.5, 0.6) is 5.75 Å². The lowest BCUT2D eigenvalue weighted by atomic mass is 10.2. The highest BCUT2D eigenvalue weighted by atomic mass is 19.4. The molecule has 0 heterocycles. The fourth-order valence-electron chi connectivity index (χ4n) is 1.07. The number of alkyl halides is 3. The average Bonchev–Trinajstić information content (AvgIpc) is 2.25. The van der Waals surface area contributed by atoms with E-state index in [1.165, 1.54) is 0 Å². The molecule has 18 heavy (non-hydrogen) atoms. The third-order valence-corrected chi connectivity index (χ3v) is 1.99. The Morgan fingerprint density at radius 1 is 1.44 bits per heavy atom. The number of rotatable bonds is 4. The number of carbonyl (C=O) groups is 1. The molecule has 4 nitrogen and oxygen atoms in total. The van der Waals surface area contributed by atoms with Gasteiger partial charge in [0, 0.05) is 0 Å². The van der Waals surface area contributed by atoms with Crippen LogP contribution >= 0.6 is 0 Å². The topological polar surface area (TPSA) is 72.5 Å². The molecule has 1 rings (SSSR count). The molecule has 0 spiro atoms. The first-order valence-corrected chi connectivity index (χ1v) is 4.69. The number of nitrogens with two attached hydrogens (primary N) is 1. The average molecular weight is 267 g/mol. The number of ether oxygens (including phenoxy) is 1. The van der Waals surface area contributed by atoms with Gasteiger partial charge in [-0.3, -0.25) is 4.79 Å². The molecule has 0 bridgehead atoms. The number of hydrogen-bond acceptors (Lipinski definition) is 3. The fourth-order valence-corrected chi connectivity index (χ4v) is 1.07. The van der Waals surface area contributed by atoms with Gasteiger partial charge in [0.1, 0.15) is 24.2 Å². The van der Waals surface area contributed by atoms with E-state index in [0.717, 1.165) is 6.07 Å². The van der Waals surface area contributed by atoms with Gasteiger partial charge in [-0.05, 0) is 18.2 Å². The molecular weight excluding hydrogens is 258 g/mol. The number of aliphatic carboxylic acids is 1. The number of carboxylic acid groups (broad SMARTS) is 1. The molecule has 0 aliphatic rings. The van der Waals surface area contributed by atoms with Crippen molar-refractivity contribution in [2.45, 2.75) is 12.2 Å². The van der Waals surface area contributed by atoms with E-state index in [1.54, 1.807) is 0 Å². The first kappa shape index (κ1) is 14.2. The van der Waals surface area contributed by atoms with Gasteiger partial charge in [0.05, 0.1) is 5.56 Å². The Morgan fingerprint density at radius 3 is 2.56 bits per heavy atom. The summed E-state index contributed by atoms with van der Waals surface area (Å²) >= 11 is 0. The van der Waals surface area contributed by atoms with E-state index < -0.39 is 36.2 Å². The third kappa shape index (κ3) is 3.59. The standard InChI is InChI=1S/C10H9F4NO3/c11-7-2-1-5(3-6(7)10(12,13)14)18-4-8(15)9(16)17/h1-3,8H,4,15H2,(H,16,17). The molecule has 100 valence electrons. The van der Waals surface area contributed by atoms with Crippen LogP contribution in [0, 0.1) is 5.82 Å². The van der Waals surface area contributed by atoms with Gasteiger partial charge in [-0.15, -0.1) is 0 Å². The quantitative estimate of drug-likeness (QED) is 0.813. The van der Waals surface area contributed by atoms with E-state index in [4.69, 9.17) is 15.6 Å². The molecule has 1 unspecified atom stereocenters. The Morgan fingerprint density at radius 2 is 2.06 bits per heavy atom. The van der Waals surface area contributed by atoms with Gasteiger partial charge in [-0.1, -0.05) is 0 Å². The van der Waals surface area contributed by atoms with E-state index in [-0.39, 0.29) is 5.75 Å². The van der Waals surface area contributed by atoms with Crippen molar-refractivity contribution in [1.82, 2.24) is 0 Å². The zero-order valence-electron chi connectivity index (χ0n) is 8.87. The van der Waals surface area contributed by atoms with E-state index in [0.29, 0.717) is 12.1 Å². The van der Waals surface area contributed by atoms with Crippen LogP contribution in [0.15, 0.2) is 18.2 Å². The van der Waals surface area contributed by atoms with Gasteiger partial charge in [0.25, 0.3) is 0 Å². The molecule has 0 aliphatic heterocycles. The Balaban J connectivity index is 2.83. The Hall–Kier alpha value is -1.83. The molecule has 1 atom stereocenters. The van der Waals surface area contributed by atoms with Crippen molar-refractivity contribution in [3.63, 3.8) is 0 Å². The normalized spacial score (nSPS) is 13.2. The largest absolute Gasteiger partial charge is 0.491 e. The summed E-state index contributed by atoms with van der Waals surface area (Å²) in [6.07, 6.45) is -4.85. The van der Waals surface area contributed by atoms with Gasteiger partial charge in [-0.25, -0.2) is 4.39 Å². The summed E-state index contributed by atoms with van der Waals surface area (Å²) in [5.74, 6) is -3.09. The Kier molecular flexibility index (Phi) is 4.12. The van der Waals surface area contributed by atoms with Crippen molar-refractivity contribution in [1.29, 1.82) is 0 Å². The van der Waals surface area contributed by atoms with Crippen molar-refractivity contribution in [2.24, 2.45) is 5.73 Å². The summed E-state index contributed by atoms with van der Waals surface area (Å²) < 4.78 is 54.7. The minimum atomic E-state index is -4.85. The van der Waals surface area contributed by atoms with Gasteiger partial charge >= 0.3 is 12.1 Å². The van der Waals surface area contributed by atoms with Crippen LogP contribution in [0.3, 0.4) is 0 Å². The molecule has 0 saturated carbocycles. The zero-order chi connectivity index (χ0) is 13.9. The summed E-state index contributed by atoms with van der Waals surface area (Å²) in [7, 11) is 0. The van der Waals surface area contributed by atoms with Gasteiger partial charge in [-0.2, -0.15) is 13.2 Å². The van der Waals surface area contributed by atoms with Crippen molar-refractivity contribution in [2.75, 3.05) is 6.61 Å². The van der Waals surface area contributed by atoms with Crippen LogP contribution in [-0.2, 0) is 11.0 Å². The van der Waals surface area contributed by atoms with Gasteiger partial charge in [0.15, 0.2) is 0 Å². The lowest BCUT2D eigenvalue weighted by Crippen LogP contribution is -2.36. The predicted molar refractivity (Wildman–Crippen MR) is 52.5 cm³/mol. The number of halogens is 4. The van der Waals surface area contributed by atoms with E-state index >= 15 is 0 Å². The van der Waals surface area contributed by atoms with Gasteiger partial charge < -0.3 is 15.6 Å². The predicted octanol–water partition coefficient (Wildman–Crippen LogP) is 1.64. The molecule has 1 aromatic rings. The fraction of sp³-hybridized carbons (Fsp3) is 0.300. The molecular formula is C10H9F4NO3. The highest BCUT2D eigenvalue weighted by molar-refractivity contribution is 5.73. The molecule has 1 aromatic carbocycles. The maximum absolute atomic E-state index is 12.9. The summed E-state index contributed by atoms with van der Waals surface area (Å²) in [6, 6.07) is 0.623. The lowest BCUT2D eigenvalue weighted by Gasteiger charge is -2.12.